The van der Waals surface area contributed by atoms with E-state index in [1.165, 1.54) is 23.9 Å². The highest BCUT2D eigenvalue weighted by Gasteiger charge is 2.39. The average molecular weight is 517 g/mol. The van der Waals surface area contributed by atoms with Gasteiger partial charge in [-0.1, -0.05) is 18.2 Å². The van der Waals surface area contributed by atoms with Crippen molar-refractivity contribution < 1.29 is 50.9 Å². The van der Waals surface area contributed by atoms with Gasteiger partial charge in [0.2, 0.25) is 5.91 Å². The van der Waals surface area contributed by atoms with E-state index in [2.05, 4.69) is 10.3 Å². The van der Waals surface area contributed by atoms with Crippen LogP contribution >= 0.6 is 11.8 Å². The molecule has 0 aliphatic heterocycles. The molecule has 2 atom stereocenters. The summed E-state index contributed by atoms with van der Waals surface area (Å²) in [5.41, 5.74) is 4.73. The summed E-state index contributed by atoms with van der Waals surface area (Å²) in [6.07, 6.45) is -8.12. The SMILES string of the molecule is CSCC[C@H](N)C(=O)N[C@@H](Cc1c(C(F)(F)F)[nH]c2ccccc12)C(=O)O.O=C(O)C(F)(F)F. The summed E-state index contributed by atoms with van der Waals surface area (Å²) in [7, 11) is 0. The number of carboxylic acid groups (broad SMARTS) is 2. The van der Waals surface area contributed by atoms with Crippen molar-refractivity contribution in [1.82, 2.24) is 10.3 Å². The number of benzene rings is 1. The summed E-state index contributed by atoms with van der Waals surface area (Å²) in [6, 6.07) is 3.63. The van der Waals surface area contributed by atoms with Gasteiger partial charge in [0, 0.05) is 17.3 Å². The number of hydrogen-bond donors (Lipinski definition) is 5. The van der Waals surface area contributed by atoms with E-state index in [4.69, 9.17) is 15.6 Å². The minimum atomic E-state index is -5.08. The van der Waals surface area contributed by atoms with Gasteiger partial charge >= 0.3 is 24.3 Å². The number of H-pyrrole nitrogens is 1. The number of alkyl halides is 6. The zero-order valence-corrected chi connectivity index (χ0v) is 18.3. The number of carbonyl (C=O) groups excluding carboxylic acids is 1. The first-order chi connectivity index (χ1) is 15.6. The molecule has 8 nitrogen and oxygen atoms in total. The molecule has 34 heavy (non-hydrogen) atoms. The number of thioether (sulfide) groups is 1. The van der Waals surface area contributed by atoms with Crippen LogP contribution in [0.4, 0.5) is 26.3 Å². The molecule has 1 aromatic carbocycles. The van der Waals surface area contributed by atoms with E-state index in [-0.39, 0.29) is 16.5 Å². The fraction of sp³-hybridized carbons (Fsp3) is 0.421. The molecule has 6 N–H and O–H groups in total. The number of amides is 1. The molecule has 1 aromatic heterocycles. The molecular formula is C19H21F6N3O5S. The van der Waals surface area contributed by atoms with Crippen molar-refractivity contribution in [2.75, 3.05) is 12.0 Å². The molecule has 0 radical (unpaired) electrons. The lowest BCUT2D eigenvalue weighted by Crippen LogP contribution is -2.49. The van der Waals surface area contributed by atoms with Crippen LogP contribution in [0.25, 0.3) is 10.9 Å². The van der Waals surface area contributed by atoms with E-state index in [1.807, 2.05) is 6.26 Å². The molecular weight excluding hydrogens is 496 g/mol. The number of halogens is 6. The fourth-order valence-electron chi connectivity index (χ4n) is 2.71. The summed E-state index contributed by atoms with van der Waals surface area (Å²) in [5.74, 6) is -4.29. The molecule has 2 rings (SSSR count). The molecule has 15 heteroatoms. The third-order valence-corrected chi connectivity index (χ3v) is 4.98. The second-order valence-electron chi connectivity index (χ2n) is 6.82. The highest BCUT2D eigenvalue weighted by Crippen LogP contribution is 2.36. The van der Waals surface area contributed by atoms with E-state index < -0.39 is 54.4 Å². The normalized spacial score (nSPS) is 13.5. The highest BCUT2D eigenvalue weighted by molar-refractivity contribution is 7.98. The fourth-order valence-corrected chi connectivity index (χ4v) is 3.20. The number of aromatic nitrogens is 1. The largest absolute Gasteiger partial charge is 0.490 e. The number of aromatic amines is 1. The predicted octanol–water partition coefficient (Wildman–Crippen LogP) is 3.01. The molecule has 0 aliphatic rings. The topological polar surface area (TPSA) is 146 Å². The minimum Gasteiger partial charge on any atom is -0.480 e. The first kappa shape index (κ1) is 29.1. The van der Waals surface area contributed by atoms with Gasteiger partial charge in [0.15, 0.2) is 0 Å². The standard InChI is InChI=1S/C17H20F3N3O3S.C2HF3O2/c1-27-7-6-11(21)15(24)23-13(16(25)26)8-10-9-4-2-3-5-12(9)22-14(10)17(18,19)20;3-2(4,5)1(6)7/h2-5,11,13,22H,6-8,21H2,1H3,(H,23,24)(H,25,26);(H,6,7)/t11-,13-;/m0./s1. The lowest BCUT2D eigenvalue weighted by molar-refractivity contribution is -0.192. The quantitative estimate of drug-likeness (QED) is 0.339. The molecule has 0 spiro atoms. The van der Waals surface area contributed by atoms with E-state index in [1.54, 1.807) is 12.1 Å². The Hall–Kier alpha value is -2.94. The van der Waals surface area contributed by atoms with Gasteiger partial charge in [0.25, 0.3) is 0 Å². The van der Waals surface area contributed by atoms with Gasteiger partial charge in [-0.15, -0.1) is 0 Å². The van der Waals surface area contributed by atoms with Crippen LogP contribution in [-0.4, -0.2) is 63.3 Å². The number of nitrogens with two attached hydrogens (primary N) is 1. The molecule has 190 valence electrons. The number of nitrogens with one attached hydrogen (secondary N) is 2. The third kappa shape index (κ3) is 8.44. The van der Waals surface area contributed by atoms with Crippen molar-refractivity contribution in [2.24, 2.45) is 5.73 Å². The van der Waals surface area contributed by atoms with Gasteiger partial charge in [-0.2, -0.15) is 38.1 Å². The zero-order chi connectivity index (χ0) is 26.3. The van der Waals surface area contributed by atoms with Crippen LogP contribution in [0.5, 0.6) is 0 Å². The van der Waals surface area contributed by atoms with E-state index >= 15 is 0 Å². The Morgan fingerprint density at radius 3 is 2.15 bits per heavy atom. The summed E-state index contributed by atoms with van der Waals surface area (Å²) in [6.45, 7) is 0. The van der Waals surface area contributed by atoms with Crippen molar-refractivity contribution in [1.29, 1.82) is 0 Å². The van der Waals surface area contributed by atoms with Crippen LogP contribution in [0.2, 0.25) is 0 Å². The van der Waals surface area contributed by atoms with E-state index in [0.29, 0.717) is 12.2 Å². The van der Waals surface area contributed by atoms with Crippen LogP contribution in [0, 0.1) is 0 Å². The highest BCUT2D eigenvalue weighted by atomic mass is 32.2. The number of fused-ring (bicyclic) bond motifs is 1. The maximum absolute atomic E-state index is 13.4. The lowest BCUT2D eigenvalue weighted by Gasteiger charge is -2.18. The van der Waals surface area contributed by atoms with Crippen molar-refractivity contribution in [2.45, 2.75) is 37.3 Å². The monoisotopic (exact) mass is 517 g/mol. The predicted molar refractivity (Wildman–Crippen MR) is 111 cm³/mol. The first-order valence-corrected chi connectivity index (χ1v) is 10.7. The van der Waals surface area contributed by atoms with Gasteiger partial charge in [0.05, 0.1) is 6.04 Å². The maximum Gasteiger partial charge on any atom is 0.490 e. The van der Waals surface area contributed by atoms with Gasteiger partial charge in [-0.25, -0.2) is 9.59 Å². The Balaban J connectivity index is 0.000000718. The number of carboxylic acids is 2. The van der Waals surface area contributed by atoms with Crippen molar-refractivity contribution in [3.8, 4) is 0 Å². The van der Waals surface area contributed by atoms with Crippen LogP contribution in [0.1, 0.15) is 17.7 Å². The summed E-state index contributed by atoms with van der Waals surface area (Å²) < 4.78 is 71.9. The zero-order valence-electron chi connectivity index (χ0n) is 17.5. The Morgan fingerprint density at radius 2 is 1.68 bits per heavy atom. The Kier molecular flexibility index (Phi) is 10.2. The van der Waals surface area contributed by atoms with Crippen LogP contribution in [0.3, 0.4) is 0 Å². The smallest absolute Gasteiger partial charge is 0.480 e. The van der Waals surface area contributed by atoms with Gasteiger partial charge in [-0.05, 0) is 30.1 Å². The Bertz CT molecular complexity index is 1010. The van der Waals surface area contributed by atoms with Crippen LogP contribution < -0.4 is 11.1 Å². The van der Waals surface area contributed by atoms with Gasteiger partial charge in [-0.3, -0.25) is 4.79 Å². The van der Waals surface area contributed by atoms with Gasteiger partial charge in [0.1, 0.15) is 11.7 Å². The van der Waals surface area contributed by atoms with Crippen molar-refractivity contribution >= 4 is 40.5 Å². The molecule has 0 aliphatic carbocycles. The van der Waals surface area contributed by atoms with E-state index in [0.717, 1.165) is 0 Å². The van der Waals surface area contributed by atoms with Crippen LogP contribution in [0.15, 0.2) is 24.3 Å². The second kappa shape index (κ2) is 12.0. The number of carbonyl (C=O) groups is 3. The number of aliphatic carboxylic acids is 2. The Morgan fingerprint density at radius 1 is 1.12 bits per heavy atom. The van der Waals surface area contributed by atoms with Crippen LogP contribution in [-0.2, 0) is 27.0 Å². The molecule has 1 amide bonds. The van der Waals surface area contributed by atoms with Crippen molar-refractivity contribution in [3.63, 3.8) is 0 Å². The molecule has 2 aromatic rings. The number of para-hydroxylation sites is 1. The molecule has 0 unspecified atom stereocenters. The first-order valence-electron chi connectivity index (χ1n) is 9.34. The summed E-state index contributed by atoms with van der Waals surface area (Å²) in [5, 5.41) is 19.0. The van der Waals surface area contributed by atoms with Crippen molar-refractivity contribution in [3.05, 3.63) is 35.5 Å². The third-order valence-electron chi connectivity index (χ3n) is 4.33. The average Bonchev–Trinajstić information content (AvgIpc) is 3.10. The molecule has 0 saturated carbocycles. The van der Waals surface area contributed by atoms with Gasteiger partial charge < -0.3 is 26.2 Å². The maximum atomic E-state index is 13.4. The minimum absolute atomic E-state index is 0.205. The summed E-state index contributed by atoms with van der Waals surface area (Å²) in [4.78, 5) is 34.8. The molecule has 1 heterocycles. The number of hydrogen-bond acceptors (Lipinski definition) is 5. The number of rotatable bonds is 8. The Labute approximate surface area is 192 Å². The molecule has 0 saturated heterocycles. The molecule has 0 fully saturated rings. The lowest BCUT2D eigenvalue weighted by atomic mass is 10.0. The van der Waals surface area contributed by atoms with E-state index in [9.17, 15) is 41.0 Å². The molecule has 0 bridgehead atoms. The second-order valence-corrected chi connectivity index (χ2v) is 7.80. The summed E-state index contributed by atoms with van der Waals surface area (Å²) >= 11 is 1.48.